The molecule has 1 heterocycles. The Labute approximate surface area is 219 Å². The fourth-order valence-electron chi connectivity index (χ4n) is 5.20. The highest BCUT2D eigenvalue weighted by Crippen LogP contribution is 2.39. The Bertz CT molecular complexity index is 1410. The van der Waals surface area contributed by atoms with Gasteiger partial charge in [-0.2, -0.15) is 0 Å². The monoisotopic (exact) mass is 494 g/mol. The van der Waals surface area contributed by atoms with Crippen molar-refractivity contribution in [1.29, 1.82) is 0 Å². The van der Waals surface area contributed by atoms with Crippen LogP contribution in [0.15, 0.2) is 84.9 Å². The van der Waals surface area contributed by atoms with Gasteiger partial charge in [-0.1, -0.05) is 74.5 Å². The summed E-state index contributed by atoms with van der Waals surface area (Å²) in [4.78, 5) is 14.9. The highest BCUT2D eigenvalue weighted by atomic mass is 16.5. The van der Waals surface area contributed by atoms with E-state index in [2.05, 4.69) is 85.6 Å². The van der Waals surface area contributed by atoms with Crippen molar-refractivity contribution in [2.45, 2.75) is 38.8 Å². The summed E-state index contributed by atoms with van der Waals surface area (Å²) in [6.45, 7) is 7.72. The van der Waals surface area contributed by atoms with Gasteiger partial charge in [-0.3, -0.25) is 0 Å². The van der Waals surface area contributed by atoms with E-state index < -0.39 is 0 Å². The van der Waals surface area contributed by atoms with Crippen LogP contribution in [0.3, 0.4) is 0 Å². The lowest BCUT2D eigenvalue weighted by Gasteiger charge is -2.37. The number of fused-ring (bicyclic) bond motifs is 2. The zero-order chi connectivity index (χ0) is 25.9. The fourth-order valence-corrected chi connectivity index (χ4v) is 5.20. The molecule has 2 unspecified atom stereocenters. The average Bonchev–Trinajstić information content (AvgIpc) is 2.94. The largest absolute Gasteiger partial charge is 0.485 e. The maximum absolute atomic E-state index is 12.6. The Kier molecular flexibility index (Phi) is 7.15. The Morgan fingerprint density at radius 1 is 0.973 bits per heavy atom. The molecule has 0 saturated carbocycles. The van der Waals surface area contributed by atoms with Gasteiger partial charge in [0.05, 0.1) is 24.9 Å². The Hall–Kier alpha value is -3.83. The predicted octanol–water partition coefficient (Wildman–Crippen LogP) is 7.00. The van der Waals surface area contributed by atoms with Crippen molar-refractivity contribution in [2.75, 3.05) is 25.1 Å². The highest BCUT2D eigenvalue weighted by molar-refractivity contribution is 5.93. The first kappa shape index (κ1) is 24.8. The molecule has 1 aliphatic rings. The SMILES string of the molecule is COC(=O)c1cc(N2CC(CNC(C)c3cccc4ccccc34)Oc3ccccc32)ccc1C(C)C. The van der Waals surface area contributed by atoms with Gasteiger partial charge in [-0.25, -0.2) is 4.79 Å². The molecule has 4 aromatic carbocycles. The van der Waals surface area contributed by atoms with Gasteiger partial charge in [0.15, 0.2) is 0 Å². The van der Waals surface area contributed by atoms with Gasteiger partial charge in [0.1, 0.15) is 11.9 Å². The molecule has 1 N–H and O–H groups in total. The summed E-state index contributed by atoms with van der Waals surface area (Å²) in [5.74, 6) is 0.743. The van der Waals surface area contributed by atoms with Gasteiger partial charge in [0, 0.05) is 18.3 Å². The predicted molar refractivity (Wildman–Crippen MR) is 150 cm³/mol. The van der Waals surface area contributed by atoms with Gasteiger partial charge in [-0.05, 0) is 59.0 Å². The normalized spacial score (nSPS) is 15.8. The van der Waals surface area contributed by atoms with Crippen LogP contribution in [0.5, 0.6) is 5.75 Å². The van der Waals surface area contributed by atoms with E-state index >= 15 is 0 Å². The van der Waals surface area contributed by atoms with E-state index in [0.29, 0.717) is 18.7 Å². The van der Waals surface area contributed by atoms with Crippen LogP contribution >= 0.6 is 0 Å². The molecule has 0 spiro atoms. The van der Waals surface area contributed by atoms with E-state index in [1.165, 1.54) is 23.4 Å². The minimum absolute atomic E-state index is 0.0707. The van der Waals surface area contributed by atoms with Crippen LogP contribution in [0.25, 0.3) is 10.8 Å². The zero-order valence-electron chi connectivity index (χ0n) is 21.9. The highest BCUT2D eigenvalue weighted by Gasteiger charge is 2.28. The van der Waals surface area contributed by atoms with Crippen LogP contribution in [-0.2, 0) is 4.74 Å². The standard InChI is InChI=1S/C32H34N2O3/c1-21(2)26-17-16-24(18-29(26)32(35)36-4)34-20-25(37-31-15-8-7-14-30(31)34)19-33-22(3)27-13-9-11-23-10-5-6-12-28(23)27/h5-18,21-22,25,33H,19-20H2,1-4H3. The molecule has 1 aliphatic heterocycles. The number of nitrogens with one attached hydrogen (secondary N) is 1. The maximum atomic E-state index is 12.6. The molecule has 0 amide bonds. The lowest BCUT2D eigenvalue weighted by Crippen LogP contribution is -2.44. The van der Waals surface area contributed by atoms with Crippen molar-refractivity contribution in [3.63, 3.8) is 0 Å². The van der Waals surface area contributed by atoms with Gasteiger partial charge in [-0.15, -0.1) is 0 Å². The number of hydrogen-bond donors (Lipinski definition) is 1. The third-order valence-corrected chi connectivity index (χ3v) is 7.15. The molecule has 0 bridgehead atoms. The number of benzene rings is 4. The van der Waals surface area contributed by atoms with Crippen LogP contribution in [0.1, 0.15) is 54.2 Å². The number of hydrogen-bond acceptors (Lipinski definition) is 5. The van der Waals surface area contributed by atoms with Crippen LogP contribution in [0.2, 0.25) is 0 Å². The number of anilines is 2. The molecule has 190 valence electrons. The van der Waals surface area contributed by atoms with E-state index in [1.807, 2.05) is 30.3 Å². The second kappa shape index (κ2) is 10.7. The van der Waals surface area contributed by atoms with Gasteiger partial charge < -0.3 is 19.7 Å². The van der Waals surface area contributed by atoms with Gasteiger partial charge in [0.25, 0.3) is 0 Å². The summed E-state index contributed by atoms with van der Waals surface area (Å²) >= 11 is 0. The Balaban J connectivity index is 1.40. The first-order valence-corrected chi connectivity index (χ1v) is 12.9. The summed E-state index contributed by atoms with van der Waals surface area (Å²) in [6.07, 6.45) is -0.0707. The molecule has 0 fully saturated rings. The smallest absolute Gasteiger partial charge is 0.338 e. The molecule has 5 rings (SSSR count). The van der Waals surface area contributed by atoms with Gasteiger partial charge in [0.2, 0.25) is 0 Å². The number of carbonyl (C=O) groups excluding carboxylic acids is 1. The number of para-hydroxylation sites is 2. The van der Waals surface area contributed by atoms with Crippen molar-refractivity contribution in [2.24, 2.45) is 0 Å². The van der Waals surface area contributed by atoms with E-state index in [4.69, 9.17) is 9.47 Å². The molecular weight excluding hydrogens is 460 g/mol. The minimum atomic E-state index is -0.311. The molecule has 5 nitrogen and oxygen atoms in total. The van der Waals surface area contributed by atoms with Crippen molar-refractivity contribution in [3.05, 3.63) is 102 Å². The Morgan fingerprint density at radius 2 is 1.73 bits per heavy atom. The molecule has 0 saturated heterocycles. The fraction of sp³-hybridized carbons (Fsp3) is 0.281. The van der Waals surface area contributed by atoms with Crippen LogP contribution in [-0.4, -0.2) is 32.3 Å². The number of esters is 1. The molecule has 4 aromatic rings. The molecule has 0 aliphatic carbocycles. The summed E-state index contributed by atoms with van der Waals surface area (Å²) < 4.78 is 11.5. The molecular formula is C32H34N2O3. The minimum Gasteiger partial charge on any atom is -0.485 e. The second-order valence-electron chi connectivity index (χ2n) is 9.93. The maximum Gasteiger partial charge on any atom is 0.338 e. The van der Waals surface area contributed by atoms with Gasteiger partial charge >= 0.3 is 5.97 Å². The van der Waals surface area contributed by atoms with Crippen LogP contribution in [0, 0.1) is 0 Å². The third kappa shape index (κ3) is 5.05. The van der Waals surface area contributed by atoms with Crippen molar-refractivity contribution in [3.8, 4) is 5.75 Å². The molecule has 2 atom stereocenters. The van der Waals surface area contributed by atoms with E-state index in [1.54, 1.807) is 0 Å². The first-order valence-electron chi connectivity index (χ1n) is 12.9. The van der Waals surface area contributed by atoms with Crippen molar-refractivity contribution in [1.82, 2.24) is 5.32 Å². The summed E-state index contributed by atoms with van der Waals surface area (Å²) in [5, 5.41) is 6.21. The number of ether oxygens (including phenoxy) is 2. The molecule has 0 aromatic heterocycles. The lowest BCUT2D eigenvalue weighted by molar-refractivity contribution is 0.0599. The molecule has 5 heteroatoms. The van der Waals surface area contributed by atoms with E-state index in [-0.39, 0.29) is 24.0 Å². The second-order valence-corrected chi connectivity index (χ2v) is 9.93. The van der Waals surface area contributed by atoms with Crippen LogP contribution in [0.4, 0.5) is 11.4 Å². The molecule has 0 radical (unpaired) electrons. The average molecular weight is 495 g/mol. The third-order valence-electron chi connectivity index (χ3n) is 7.15. The van der Waals surface area contributed by atoms with Crippen molar-refractivity contribution >= 4 is 28.1 Å². The quantitative estimate of drug-likeness (QED) is 0.280. The van der Waals surface area contributed by atoms with E-state index in [9.17, 15) is 4.79 Å². The summed E-state index contributed by atoms with van der Waals surface area (Å²) in [6, 6.07) is 29.3. The zero-order valence-corrected chi connectivity index (χ0v) is 21.9. The number of carbonyl (C=O) groups is 1. The summed E-state index contributed by atoms with van der Waals surface area (Å²) in [7, 11) is 1.43. The lowest BCUT2D eigenvalue weighted by atomic mass is 9.96. The number of rotatable bonds is 7. The topological polar surface area (TPSA) is 50.8 Å². The molecule has 37 heavy (non-hydrogen) atoms. The van der Waals surface area contributed by atoms with E-state index in [0.717, 1.165) is 22.7 Å². The summed E-state index contributed by atoms with van der Waals surface area (Å²) in [5.41, 5.74) is 4.82. The first-order chi connectivity index (χ1) is 18.0. The van der Waals surface area contributed by atoms with Crippen molar-refractivity contribution < 1.29 is 14.3 Å². The Morgan fingerprint density at radius 3 is 2.54 bits per heavy atom. The number of nitrogens with zero attached hydrogens (tertiary/aromatic N) is 1. The number of methoxy groups -OCH3 is 1. The van der Waals surface area contributed by atoms with Crippen LogP contribution < -0.4 is 15.0 Å².